The van der Waals surface area contributed by atoms with E-state index in [4.69, 9.17) is 4.52 Å². The Morgan fingerprint density at radius 3 is 3.00 bits per heavy atom. The Kier molecular flexibility index (Phi) is 5.36. The van der Waals surface area contributed by atoms with E-state index in [1.165, 1.54) is 5.56 Å². The maximum Gasteiger partial charge on any atom is 0.128 e. The van der Waals surface area contributed by atoms with Crippen molar-refractivity contribution < 1.29 is 4.52 Å². The van der Waals surface area contributed by atoms with E-state index in [1.54, 1.807) is 6.26 Å². The standard InChI is InChI=1S/C11H21N3O/c1-4-5-11-10(9-15-13-11)8-14(3)7-6-12-2/h9,12H,4-8H2,1-3H3. The van der Waals surface area contributed by atoms with E-state index in [0.717, 1.165) is 38.2 Å². The summed E-state index contributed by atoms with van der Waals surface area (Å²) in [5, 5.41) is 7.16. The van der Waals surface area contributed by atoms with Gasteiger partial charge in [0.1, 0.15) is 6.26 Å². The molecule has 0 saturated carbocycles. The molecule has 1 heterocycles. The molecule has 1 N–H and O–H groups in total. The zero-order chi connectivity index (χ0) is 11.1. The minimum Gasteiger partial charge on any atom is -0.364 e. The molecule has 0 aromatic carbocycles. The summed E-state index contributed by atoms with van der Waals surface area (Å²) in [5.74, 6) is 0. The quantitative estimate of drug-likeness (QED) is 0.737. The summed E-state index contributed by atoms with van der Waals surface area (Å²) in [6.07, 6.45) is 3.88. The van der Waals surface area contributed by atoms with Gasteiger partial charge in [-0.2, -0.15) is 0 Å². The summed E-state index contributed by atoms with van der Waals surface area (Å²) >= 11 is 0. The molecule has 0 aliphatic heterocycles. The van der Waals surface area contributed by atoms with Crippen molar-refractivity contribution in [2.75, 3.05) is 27.2 Å². The molecule has 0 fully saturated rings. The molecule has 0 bridgehead atoms. The molecule has 15 heavy (non-hydrogen) atoms. The van der Waals surface area contributed by atoms with Crippen molar-refractivity contribution in [3.05, 3.63) is 17.5 Å². The van der Waals surface area contributed by atoms with Gasteiger partial charge >= 0.3 is 0 Å². The molecule has 0 unspecified atom stereocenters. The zero-order valence-electron chi connectivity index (χ0n) is 9.92. The number of rotatable bonds is 7. The van der Waals surface area contributed by atoms with E-state index in [9.17, 15) is 0 Å². The highest BCUT2D eigenvalue weighted by Gasteiger charge is 2.08. The van der Waals surface area contributed by atoms with Crippen molar-refractivity contribution in [1.29, 1.82) is 0 Å². The molecule has 0 atom stereocenters. The van der Waals surface area contributed by atoms with E-state index in [1.807, 2.05) is 7.05 Å². The average Bonchev–Trinajstić information content (AvgIpc) is 2.63. The summed E-state index contributed by atoms with van der Waals surface area (Å²) in [6.45, 7) is 5.11. The van der Waals surface area contributed by atoms with E-state index in [-0.39, 0.29) is 0 Å². The lowest BCUT2D eigenvalue weighted by Crippen LogP contribution is -2.27. The second-order valence-electron chi connectivity index (χ2n) is 3.88. The Labute approximate surface area is 91.6 Å². The van der Waals surface area contributed by atoms with Crippen LogP contribution < -0.4 is 5.32 Å². The number of hydrogen-bond donors (Lipinski definition) is 1. The van der Waals surface area contributed by atoms with Crippen LogP contribution in [0.5, 0.6) is 0 Å². The van der Waals surface area contributed by atoms with E-state index in [2.05, 4.69) is 29.3 Å². The Hall–Kier alpha value is -0.870. The first-order valence-corrected chi connectivity index (χ1v) is 5.53. The first-order valence-electron chi connectivity index (χ1n) is 5.53. The molecule has 0 aliphatic rings. The van der Waals surface area contributed by atoms with Gasteiger partial charge in [0.05, 0.1) is 5.69 Å². The topological polar surface area (TPSA) is 41.3 Å². The molecule has 4 heteroatoms. The van der Waals surface area contributed by atoms with Crippen LogP contribution in [0.2, 0.25) is 0 Å². The van der Waals surface area contributed by atoms with Crippen LogP contribution in [0.3, 0.4) is 0 Å². The third-order valence-electron chi connectivity index (χ3n) is 2.40. The molecule has 1 aromatic rings. The Morgan fingerprint density at radius 1 is 1.53 bits per heavy atom. The van der Waals surface area contributed by atoms with Gasteiger partial charge in [-0.3, -0.25) is 0 Å². The van der Waals surface area contributed by atoms with Crippen molar-refractivity contribution in [1.82, 2.24) is 15.4 Å². The maximum absolute atomic E-state index is 5.01. The molecule has 1 aromatic heterocycles. The van der Waals surface area contributed by atoms with Gasteiger partial charge in [-0.15, -0.1) is 0 Å². The average molecular weight is 211 g/mol. The number of nitrogens with zero attached hydrogens (tertiary/aromatic N) is 2. The monoisotopic (exact) mass is 211 g/mol. The smallest absolute Gasteiger partial charge is 0.128 e. The van der Waals surface area contributed by atoms with Crippen LogP contribution in [0.15, 0.2) is 10.8 Å². The minimum atomic E-state index is 0.917. The SMILES string of the molecule is CCCc1nocc1CN(C)CCNC. The molecule has 0 spiro atoms. The highest BCUT2D eigenvalue weighted by atomic mass is 16.5. The van der Waals surface area contributed by atoms with Crippen molar-refractivity contribution in [2.24, 2.45) is 0 Å². The molecule has 4 nitrogen and oxygen atoms in total. The highest BCUT2D eigenvalue weighted by molar-refractivity contribution is 5.14. The number of nitrogens with one attached hydrogen (secondary N) is 1. The molecule has 0 aliphatic carbocycles. The highest BCUT2D eigenvalue weighted by Crippen LogP contribution is 2.11. The van der Waals surface area contributed by atoms with Crippen molar-refractivity contribution >= 4 is 0 Å². The van der Waals surface area contributed by atoms with Crippen molar-refractivity contribution in [3.63, 3.8) is 0 Å². The Balaban J connectivity index is 2.44. The largest absolute Gasteiger partial charge is 0.364 e. The molecular formula is C11H21N3O. The van der Waals surface area contributed by atoms with Crippen LogP contribution in [0, 0.1) is 0 Å². The van der Waals surface area contributed by atoms with Crippen molar-refractivity contribution in [2.45, 2.75) is 26.3 Å². The summed E-state index contributed by atoms with van der Waals surface area (Å²) in [5.41, 5.74) is 2.32. The second kappa shape index (κ2) is 6.58. The zero-order valence-corrected chi connectivity index (χ0v) is 9.92. The minimum absolute atomic E-state index is 0.917. The number of aromatic nitrogens is 1. The van der Waals surface area contributed by atoms with Crippen LogP contribution >= 0.6 is 0 Å². The van der Waals surface area contributed by atoms with Crippen LogP contribution in [0.4, 0.5) is 0 Å². The molecule has 0 saturated heterocycles. The molecule has 0 radical (unpaired) electrons. The second-order valence-corrected chi connectivity index (χ2v) is 3.88. The lowest BCUT2D eigenvalue weighted by atomic mass is 10.1. The van der Waals surface area contributed by atoms with Crippen LogP contribution in [0.25, 0.3) is 0 Å². The van der Waals surface area contributed by atoms with E-state index in [0.29, 0.717) is 0 Å². The summed E-state index contributed by atoms with van der Waals surface area (Å²) < 4.78 is 5.01. The fourth-order valence-electron chi connectivity index (χ4n) is 1.52. The normalized spacial score (nSPS) is 11.2. The van der Waals surface area contributed by atoms with E-state index >= 15 is 0 Å². The van der Waals surface area contributed by atoms with Gasteiger partial charge in [-0.1, -0.05) is 18.5 Å². The Bertz CT molecular complexity index is 273. The predicted molar refractivity (Wildman–Crippen MR) is 60.8 cm³/mol. The van der Waals surface area contributed by atoms with Gasteiger partial charge in [-0.25, -0.2) is 0 Å². The molecule has 0 amide bonds. The van der Waals surface area contributed by atoms with Gasteiger partial charge in [0, 0.05) is 25.2 Å². The first-order chi connectivity index (χ1) is 7.27. The maximum atomic E-state index is 5.01. The number of aryl methyl sites for hydroxylation is 1. The fourth-order valence-corrected chi connectivity index (χ4v) is 1.52. The first kappa shape index (κ1) is 12.2. The molecule has 86 valence electrons. The van der Waals surface area contributed by atoms with Gasteiger partial charge in [0.2, 0.25) is 0 Å². The van der Waals surface area contributed by atoms with Crippen LogP contribution in [-0.2, 0) is 13.0 Å². The Morgan fingerprint density at radius 2 is 2.33 bits per heavy atom. The van der Waals surface area contributed by atoms with Gasteiger partial charge in [-0.05, 0) is 20.5 Å². The summed E-state index contributed by atoms with van der Waals surface area (Å²) in [6, 6.07) is 0. The molecule has 1 rings (SSSR count). The van der Waals surface area contributed by atoms with E-state index < -0.39 is 0 Å². The number of hydrogen-bond acceptors (Lipinski definition) is 4. The van der Waals surface area contributed by atoms with Crippen LogP contribution in [-0.4, -0.2) is 37.2 Å². The number of likely N-dealkylation sites (N-methyl/N-ethyl adjacent to an activating group) is 2. The van der Waals surface area contributed by atoms with Gasteiger partial charge < -0.3 is 14.7 Å². The van der Waals surface area contributed by atoms with Gasteiger partial charge in [0.15, 0.2) is 0 Å². The third-order valence-corrected chi connectivity index (χ3v) is 2.40. The lowest BCUT2D eigenvalue weighted by molar-refractivity contribution is 0.326. The summed E-state index contributed by atoms with van der Waals surface area (Å²) in [4.78, 5) is 2.27. The van der Waals surface area contributed by atoms with Crippen LogP contribution in [0.1, 0.15) is 24.6 Å². The predicted octanol–water partition coefficient (Wildman–Crippen LogP) is 1.28. The van der Waals surface area contributed by atoms with Crippen molar-refractivity contribution in [3.8, 4) is 0 Å². The molecular weight excluding hydrogens is 190 g/mol. The summed E-state index contributed by atoms with van der Waals surface area (Å²) in [7, 11) is 4.08. The van der Waals surface area contributed by atoms with Gasteiger partial charge in [0.25, 0.3) is 0 Å². The lowest BCUT2D eigenvalue weighted by Gasteiger charge is -2.15. The third kappa shape index (κ3) is 4.01. The fraction of sp³-hybridized carbons (Fsp3) is 0.727.